The lowest BCUT2D eigenvalue weighted by Gasteiger charge is -2.25. The van der Waals surface area contributed by atoms with Crippen molar-refractivity contribution >= 4 is 33.2 Å². The van der Waals surface area contributed by atoms with Gasteiger partial charge in [-0.05, 0) is 87.5 Å². The van der Waals surface area contributed by atoms with Gasteiger partial charge in [-0.3, -0.25) is 0 Å². The summed E-state index contributed by atoms with van der Waals surface area (Å²) < 4.78 is 2.42. The van der Waals surface area contributed by atoms with E-state index >= 15 is 0 Å². The second-order valence-electron chi connectivity index (χ2n) is 13.0. The second kappa shape index (κ2) is 13.0. The average molecular weight is 653 g/mol. The smallest absolute Gasteiger partial charge is 0.0547 e. The van der Waals surface area contributed by atoms with E-state index in [1.165, 1.54) is 72.0 Å². The summed E-state index contributed by atoms with van der Waals surface area (Å²) in [4.78, 5) is 2.29. The highest BCUT2D eigenvalue weighted by Gasteiger charge is 2.18. The molecule has 0 fully saturated rings. The summed E-state index contributed by atoms with van der Waals surface area (Å²) >= 11 is 0. The normalized spacial score (nSPS) is 11.2. The molecular weight excluding hydrogens is 617 g/mol. The minimum atomic E-state index is 1.15. The number of rotatable bonds is 7. The van der Waals surface area contributed by atoms with Crippen LogP contribution in [0.2, 0.25) is 0 Å². The third-order valence-corrected chi connectivity index (χ3v) is 10.0. The van der Waals surface area contributed by atoms with Gasteiger partial charge in [0.05, 0.1) is 11.0 Å². The van der Waals surface area contributed by atoms with E-state index in [4.69, 9.17) is 0 Å². The summed E-state index contributed by atoms with van der Waals surface area (Å²) in [7, 11) is 2.15. The first kappa shape index (κ1) is 30.4. The molecule has 242 valence electrons. The zero-order chi connectivity index (χ0) is 34.1. The van der Waals surface area contributed by atoms with Gasteiger partial charge < -0.3 is 9.47 Å². The molecule has 0 bridgehead atoms. The van der Waals surface area contributed by atoms with Crippen molar-refractivity contribution in [3.63, 3.8) is 0 Å². The highest BCUT2D eigenvalue weighted by molar-refractivity contribution is 6.10. The molecule has 0 spiro atoms. The summed E-state index contributed by atoms with van der Waals surface area (Å²) in [6.07, 6.45) is 0. The molecule has 1 aromatic heterocycles. The van der Waals surface area contributed by atoms with Gasteiger partial charge in [-0.15, -0.1) is 0 Å². The van der Waals surface area contributed by atoms with Crippen molar-refractivity contribution in [1.82, 2.24) is 4.57 Å². The Bertz CT molecular complexity index is 2640. The Morgan fingerprint density at radius 2 is 0.941 bits per heavy atom. The van der Waals surface area contributed by atoms with E-state index in [2.05, 4.69) is 217 Å². The number of benzene rings is 8. The third-order valence-electron chi connectivity index (χ3n) is 10.0. The number of para-hydroxylation sites is 2. The molecule has 0 unspecified atom stereocenters. The fraction of sp³-hybridized carbons (Fsp3) is 0.0204. The molecule has 0 N–H and O–H groups in total. The van der Waals surface area contributed by atoms with Gasteiger partial charge in [-0.25, -0.2) is 0 Å². The molecule has 0 aliphatic rings. The number of fused-ring (bicyclic) bond motifs is 3. The number of nitrogens with zero attached hydrogens (tertiary/aromatic N) is 2. The van der Waals surface area contributed by atoms with E-state index in [9.17, 15) is 0 Å². The highest BCUT2D eigenvalue weighted by atomic mass is 15.1. The first-order chi connectivity index (χ1) is 25.2. The van der Waals surface area contributed by atoms with Crippen molar-refractivity contribution in [2.45, 2.75) is 0 Å². The molecule has 51 heavy (non-hydrogen) atoms. The Morgan fingerprint density at radius 3 is 1.73 bits per heavy atom. The summed E-state index contributed by atoms with van der Waals surface area (Å²) in [5.41, 5.74) is 15.5. The van der Waals surface area contributed by atoms with E-state index in [-0.39, 0.29) is 0 Å². The van der Waals surface area contributed by atoms with Crippen LogP contribution in [0.25, 0.3) is 72.0 Å². The topological polar surface area (TPSA) is 8.17 Å². The van der Waals surface area contributed by atoms with Gasteiger partial charge in [0.15, 0.2) is 0 Å². The first-order valence-corrected chi connectivity index (χ1v) is 17.5. The van der Waals surface area contributed by atoms with E-state index in [1.54, 1.807) is 0 Å². The molecule has 0 atom stereocenters. The lowest BCUT2D eigenvalue weighted by Crippen LogP contribution is -2.11. The predicted octanol–water partition coefficient (Wildman–Crippen LogP) is 13.2. The van der Waals surface area contributed by atoms with Crippen LogP contribution in [-0.4, -0.2) is 11.6 Å². The molecule has 8 aromatic carbocycles. The third kappa shape index (κ3) is 5.57. The standard InChI is InChI=1S/C49H36N2/c1-50(41-23-9-4-10-24-41)47-29-15-27-43(49(47)36-18-7-3-8-19-36)40-22-13-20-37(32-40)39-30-31-45-44-26-11-12-28-46(44)51(48(45)34-39)42-25-14-21-38(33-42)35-16-5-2-6-17-35/h2-34H,1H3. The minimum Gasteiger partial charge on any atom is -0.344 e. The molecule has 0 saturated carbocycles. The molecule has 9 aromatic rings. The monoisotopic (exact) mass is 652 g/mol. The fourth-order valence-electron chi connectivity index (χ4n) is 7.51. The second-order valence-corrected chi connectivity index (χ2v) is 13.0. The molecule has 0 radical (unpaired) electrons. The van der Waals surface area contributed by atoms with Crippen molar-refractivity contribution in [3.8, 4) is 50.2 Å². The van der Waals surface area contributed by atoms with Gasteiger partial charge in [0.25, 0.3) is 0 Å². The summed E-state index contributed by atoms with van der Waals surface area (Å²) in [6, 6.07) is 72.2. The number of aromatic nitrogens is 1. The van der Waals surface area contributed by atoms with Crippen LogP contribution in [0.15, 0.2) is 200 Å². The lowest BCUT2D eigenvalue weighted by atomic mass is 9.91. The van der Waals surface area contributed by atoms with Crippen LogP contribution in [0.3, 0.4) is 0 Å². The van der Waals surface area contributed by atoms with Gasteiger partial charge >= 0.3 is 0 Å². The fourth-order valence-corrected chi connectivity index (χ4v) is 7.51. The summed E-state index contributed by atoms with van der Waals surface area (Å²) in [6.45, 7) is 0. The first-order valence-electron chi connectivity index (χ1n) is 17.5. The molecule has 0 aliphatic carbocycles. The molecule has 2 heteroatoms. The molecule has 0 aliphatic heterocycles. The van der Waals surface area contributed by atoms with Gasteiger partial charge in [0, 0.05) is 40.4 Å². The maximum Gasteiger partial charge on any atom is 0.0547 e. The van der Waals surface area contributed by atoms with Crippen molar-refractivity contribution in [2.24, 2.45) is 0 Å². The van der Waals surface area contributed by atoms with E-state index < -0.39 is 0 Å². The molecule has 9 rings (SSSR count). The van der Waals surface area contributed by atoms with Gasteiger partial charge in [-0.2, -0.15) is 0 Å². The molecule has 1 heterocycles. The van der Waals surface area contributed by atoms with E-state index in [1.807, 2.05) is 0 Å². The molecule has 0 amide bonds. The number of hydrogen-bond acceptors (Lipinski definition) is 1. The van der Waals surface area contributed by atoms with Crippen molar-refractivity contribution in [1.29, 1.82) is 0 Å². The Kier molecular flexibility index (Phi) is 7.75. The Balaban J connectivity index is 1.19. The SMILES string of the molecule is CN(c1ccccc1)c1cccc(-c2cccc(-c3ccc4c5ccccc5n(-c5cccc(-c6ccccc6)c5)c4c3)c2)c1-c1ccccc1. The number of anilines is 2. The molecule has 0 saturated heterocycles. The van der Waals surface area contributed by atoms with Crippen LogP contribution in [0.5, 0.6) is 0 Å². The van der Waals surface area contributed by atoms with Crippen molar-refractivity contribution in [2.75, 3.05) is 11.9 Å². The maximum absolute atomic E-state index is 2.42. The van der Waals surface area contributed by atoms with E-state index in [0.717, 1.165) is 11.4 Å². The summed E-state index contributed by atoms with van der Waals surface area (Å²) in [5, 5.41) is 2.50. The van der Waals surface area contributed by atoms with Crippen LogP contribution >= 0.6 is 0 Å². The number of hydrogen-bond donors (Lipinski definition) is 0. The average Bonchev–Trinajstić information content (AvgIpc) is 3.55. The zero-order valence-corrected chi connectivity index (χ0v) is 28.4. The Hall–Kier alpha value is -6.64. The zero-order valence-electron chi connectivity index (χ0n) is 28.4. The highest BCUT2D eigenvalue weighted by Crippen LogP contribution is 2.43. The van der Waals surface area contributed by atoms with Gasteiger partial charge in [0.1, 0.15) is 0 Å². The van der Waals surface area contributed by atoms with Crippen molar-refractivity contribution < 1.29 is 0 Å². The lowest BCUT2D eigenvalue weighted by molar-refractivity contribution is 1.18. The van der Waals surface area contributed by atoms with Crippen LogP contribution in [0.4, 0.5) is 11.4 Å². The predicted molar refractivity (Wildman–Crippen MR) is 217 cm³/mol. The molecular formula is C49H36N2. The van der Waals surface area contributed by atoms with Crippen LogP contribution in [0.1, 0.15) is 0 Å². The van der Waals surface area contributed by atoms with Crippen LogP contribution in [0, 0.1) is 0 Å². The molecule has 2 nitrogen and oxygen atoms in total. The van der Waals surface area contributed by atoms with E-state index in [0.29, 0.717) is 0 Å². The minimum absolute atomic E-state index is 1.15. The quantitative estimate of drug-likeness (QED) is 0.166. The largest absolute Gasteiger partial charge is 0.344 e. The maximum atomic E-state index is 2.42. The van der Waals surface area contributed by atoms with Crippen LogP contribution < -0.4 is 4.90 Å². The Labute approximate surface area is 299 Å². The van der Waals surface area contributed by atoms with Gasteiger partial charge in [0.2, 0.25) is 0 Å². The Morgan fingerprint density at radius 1 is 0.373 bits per heavy atom. The summed E-state index contributed by atoms with van der Waals surface area (Å²) in [5.74, 6) is 0. The van der Waals surface area contributed by atoms with Crippen molar-refractivity contribution in [3.05, 3.63) is 200 Å². The van der Waals surface area contributed by atoms with Gasteiger partial charge in [-0.1, -0.05) is 152 Å². The van der Waals surface area contributed by atoms with Crippen LogP contribution in [-0.2, 0) is 0 Å².